The van der Waals surface area contributed by atoms with E-state index in [0.717, 1.165) is 17.7 Å². The summed E-state index contributed by atoms with van der Waals surface area (Å²) >= 11 is 5.21. The van der Waals surface area contributed by atoms with Crippen LogP contribution in [0.4, 0.5) is 0 Å². The molecule has 0 aliphatic heterocycles. The second-order valence-electron chi connectivity index (χ2n) is 3.60. The van der Waals surface area contributed by atoms with E-state index in [2.05, 4.69) is 15.7 Å². The Morgan fingerprint density at radius 1 is 1.60 bits per heavy atom. The minimum atomic E-state index is -0.329. The topological polar surface area (TPSA) is 86.3 Å². The summed E-state index contributed by atoms with van der Waals surface area (Å²) in [5, 5.41) is 16.8. The van der Waals surface area contributed by atoms with Crippen LogP contribution in [0.5, 0.6) is 0 Å². The normalized spacial score (nSPS) is 12.3. The van der Waals surface area contributed by atoms with E-state index in [1.807, 2.05) is 20.8 Å². The van der Waals surface area contributed by atoms with Crippen molar-refractivity contribution in [2.45, 2.75) is 26.3 Å². The van der Waals surface area contributed by atoms with Gasteiger partial charge in [-0.25, -0.2) is 0 Å². The van der Waals surface area contributed by atoms with E-state index in [0.29, 0.717) is 12.3 Å². The Balaban J connectivity index is 4.25. The van der Waals surface area contributed by atoms with E-state index in [9.17, 15) is 0 Å². The van der Waals surface area contributed by atoms with Crippen molar-refractivity contribution in [2.75, 3.05) is 13.1 Å². The van der Waals surface area contributed by atoms with Crippen LogP contribution in [0, 0.1) is 5.41 Å². The third-order valence-electron chi connectivity index (χ3n) is 1.95. The number of rotatable bonds is 6. The molecule has 15 heavy (non-hydrogen) atoms. The second-order valence-corrected chi connectivity index (χ2v) is 4.01. The van der Waals surface area contributed by atoms with Gasteiger partial charge in [0.15, 0.2) is 0 Å². The highest BCUT2D eigenvalue weighted by Crippen LogP contribution is 2.03. The smallest absolute Gasteiger partial charge is 0.0952 e. The van der Waals surface area contributed by atoms with Crippen molar-refractivity contribution in [3.8, 4) is 0 Å². The molecule has 0 rings (SSSR count). The molecule has 0 saturated heterocycles. The molecule has 0 aromatic heterocycles. The number of hydrogen-bond acceptors (Lipinski definition) is 5. The van der Waals surface area contributed by atoms with Crippen molar-refractivity contribution < 1.29 is 0 Å². The number of nitrogens with zero attached hydrogens (tertiary/aromatic N) is 1. The first-order valence-corrected chi connectivity index (χ1v) is 5.19. The average molecular weight is 229 g/mol. The molecule has 0 aliphatic rings. The van der Waals surface area contributed by atoms with Crippen LogP contribution < -0.4 is 16.5 Å². The van der Waals surface area contributed by atoms with E-state index in [1.165, 1.54) is 0 Å². The van der Waals surface area contributed by atoms with Gasteiger partial charge < -0.3 is 21.9 Å². The van der Waals surface area contributed by atoms with Gasteiger partial charge in [-0.1, -0.05) is 12.2 Å². The molecular weight excluding hydrogens is 210 g/mol. The predicted octanol–water partition coefficient (Wildman–Crippen LogP) is 0.256. The van der Waals surface area contributed by atoms with Crippen molar-refractivity contribution in [1.29, 1.82) is 5.41 Å². The zero-order chi connectivity index (χ0) is 11.9. The first-order valence-electron chi connectivity index (χ1n) is 4.78. The van der Waals surface area contributed by atoms with Gasteiger partial charge in [-0.05, 0) is 20.8 Å². The Labute approximate surface area is 96.0 Å². The fraction of sp³-hybridized carbons (Fsp3) is 0.667. The number of nitrogens with one attached hydrogen (secondary N) is 3. The van der Waals surface area contributed by atoms with Crippen LogP contribution in [-0.4, -0.2) is 35.5 Å². The lowest BCUT2D eigenvalue weighted by atomic mass is 10.1. The van der Waals surface area contributed by atoms with E-state index in [-0.39, 0.29) is 5.54 Å². The SMILES string of the molecule is CCNC(=S)C(C)(C)NCC(C=N)=NN. The van der Waals surface area contributed by atoms with Crippen molar-refractivity contribution in [2.24, 2.45) is 10.9 Å². The van der Waals surface area contributed by atoms with Gasteiger partial charge in [-0.3, -0.25) is 0 Å². The van der Waals surface area contributed by atoms with Crippen LogP contribution in [0.3, 0.4) is 0 Å². The Morgan fingerprint density at radius 3 is 2.60 bits per heavy atom. The lowest BCUT2D eigenvalue weighted by Gasteiger charge is -2.27. The molecule has 0 unspecified atom stereocenters. The van der Waals surface area contributed by atoms with Crippen LogP contribution in [0.1, 0.15) is 20.8 Å². The highest BCUT2D eigenvalue weighted by molar-refractivity contribution is 7.80. The number of hydrogen-bond donors (Lipinski definition) is 4. The van der Waals surface area contributed by atoms with Gasteiger partial charge in [0.25, 0.3) is 0 Å². The van der Waals surface area contributed by atoms with Crippen LogP contribution in [0.15, 0.2) is 5.10 Å². The van der Waals surface area contributed by atoms with Crippen molar-refractivity contribution in [3.63, 3.8) is 0 Å². The molecular formula is C9H19N5S. The average Bonchev–Trinajstić information content (AvgIpc) is 2.19. The fourth-order valence-corrected chi connectivity index (χ4v) is 1.12. The number of likely N-dealkylation sites (N-methyl/N-ethyl adjacent to an activating group) is 1. The fourth-order valence-electron chi connectivity index (χ4n) is 0.907. The highest BCUT2D eigenvalue weighted by atomic mass is 32.1. The zero-order valence-corrected chi connectivity index (χ0v) is 10.2. The molecule has 0 amide bonds. The maximum atomic E-state index is 7.03. The van der Waals surface area contributed by atoms with Gasteiger partial charge in [0.1, 0.15) is 0 Å². The van der Waals surface area contributed by atoms with Crippen molar-refractivity contribution >= 4 is 29.1 Å². The highest BCUT2D eigenvalue weighted by Gasteiger charge is 2.22. The molecule has 0 aliphatic carbocycles. The molecule has 0 aromatic carbocycles. The quantitative estimate of drug-likeness (QED) is 0.228. The molecule has 0 saturated carbocycles. The Hall–Kier alpha value is -1.01. The Kier molecular flexibility index (Phi) is 6.03. The summed E-state index contributed by atoms with van der Waals surface area (Å²) < 4.78 is 0. The van der Waals surface area contributed by atoms with E-state index in [1.54, 1.807) is 0 Å². The van der Waals surface area contributed by atoms with Gasteiger partial charge in [-0.2, -0.15) is 5.10 Å². The Morgan fingerprint density at radius 2 is 2.20 bits per heavy atom. The second kappa shape index (κ2) is 6.47. The largest absolute Gasteiger partial charge is 0.378 e. The monoisotopic (exact) mass is 229 g/mol. The van der Waals surface area contributed by atoms with Gasteiger partial charge in [0.2, 0.25) is 0 Å². The van der Waals surface area contributed by atoms with Gasteiger partial charge >= 0.3 is 0 Å². The van der Waals surface area contributed by atoms with Crippen molar-refractivity contribution in [1.82, 2.24) is 10.6 Å². The molecule has 5 nitrogen and oxygen atoms in total. The molecule has 0 heterocycles. The first kappa shape index (κ1) is 14.0. The molecule has 0 fully saturated rings. The summed E-state index contributed by atoms with van der Waals surface area (Å²) in [5.74, 6) is 5.10. The maximum absolute atomic E-state index is 7.03. The first-order chi connectivity index (χ1) is 6.97. The summed E-state index contributed by atoms with van der Waals surface area (Å²) in [6, 6.07) is 0. The minimum absolute atomic E-state index is 0.329. The molecule has 6 heteroatoms. The molecule has 0 spiro atoms. The lowest BCUT2D eigenvalue weighted by Crippen LogP contribution is -2.53. The summed E-state index contributed by atoms with van der Waals surface area (Å²) in [4.78, 5) is 0.742. The zero-order valence-electron chi connectivity index (χ0n) is 9.42. The third-order valence-corrected chi connectivity index (χ3v) is 2.60. The summed E-state index contributed by atoms with van der Waals surface area (Å²) in [6.07, 6.45) is 1.12. The van der Waals surface area contributed by atoms with Crippen LogP contribution in [0.2, 0.25) is 0 Å². The molecule has 0 atom stereocenters. The van der Waals surface area contributed by atoms with E-state index < -0.39 is 0 Å². The molecule has 0 radical (unpaired) electrons. The number of hydrazone groups is 1. The summed E-state index contributed by atoms with van der Waals surface area (Å²) in [5.41, 5.74) is 0.159. The van der Waals surface area contributed by atoms with Gasteiger partial charge in [0, 0.05) is 19.3 Å². The summed E-state index contributed by atoms with van der Waals surface area (Å²) in [6.45, 7) is 7.16. The molecule has 5 N–H and O–H groups in total. The summed E-state index contributed by atoms with van der Waals surface area (Å²) in [7, 11) is 0. The maximum Gasteiger partial charge on any atom is 0.0952 e. The van der Waals surface area contributed by atoms with Crippen LogP contribution in [0.25, 0.3) is 0 Å². The molecule has 0 aromatic rings. The molecule has 86 valence electrons. The number of thiocarbonyl (C=S) groups is 1. The van der Waals surface area contributed by atoms with Crippen LogP contribution >= 0.6 is 12.2 Å². The predicted molar refractivity (Wildman–Crippen MR) is 68.8 cm³/mol. The van der Waals surface area contributed by atoms with Gasteiger partial charge in [0.05, 0.1) is 16.2 Å². The Bertz CT molecular complexity index is 259. The van der Waals surface area contributed by atoms with Gasteiger partial charge in [-0.15, -0.1) is 0 Å². The van der Waals surface area contributed by atoms with Crippen molar-refractivity contribution in [3.05, 3.63) is 0 Å². The standard InChI is InChI=1S/C9H19N5S/c1-4-12-8(15)9(2,3)13-6-7(5-10)14-11/h5,10,13H,4,6,11H2,1-3H3,(H,12,15). The minimum Gasteiger partial charge on any atom is -0.378 e. The third kappa shape index (κ3) is 4.85. The number of nitrogens with two attached hydrogens (primary N) is 1. The van der Waals surface area contributed by atoms with E-state index >= 15 is 0 Å². The lowest BCUT2D eigenvalue weighted by molar-refractivity contribution is 0.537. The molecule has 0 bridgehead atoms. The van der Waals surface area contributed by atoms with Crippen LogP contribution in [-0.2, 0) is 0 Å². The van der Waals surface area contributed by atoms with E-state index in [4.69, 9.17) is 23.5 Å².